The minimum atomic E-state index is -1.22. The maximum atomic E-state index is 9.52. The quantitative estimate of drug-likeness (QED) is 0.383. The molecule has 13 heavy (non-hydrogen) atoms. The number of aliphatic hydroxyl groups is 3. The van der Waals surface area contributed by atoms with Crippen LogP contribution >= 0.6 is 0 Å². The van der Waals surface area contributed by atoms with E-state index in [0.717, 1.165) is 0 Å². The van der Waals surface area contributed by atoms with Gasteiger partial charge in [-0.15, -0.1) is 0 Å². The molecule has 1 aliphatic rings. The van der Waals surface area contributed by atoms with Gasteiger partial charge in [0.05, 0.1) is 12.6 Å². The van der Waals surface area contributed by atoms with Crippen LogP contribution in [0.5, 0.6) is 0 Å². The van der Waals surface area contributed by atoms with Crippen LogP contribution in [-0.2, 0) is 9.47 Å². The van der Waals surface area contributed by atoms with Gasteiger partial charge >= 0.3 is 0 Å². The lowest BCUT2D eigenvalue weighted by Gasteiger charge is -2.39. The van der Waals surface area contributed by atoms with E-state index in [-0.39, 0.29) is 6.61 Å². The van der Waals surface area contributed by atoms with Crippen molar-refractivity contribution in [2.45, 2.75) is 30.6 Å². The Morgan fingerprint density at radius 2 is 2.08 bits per heavy atom. The molecule has 0 amide bonds. The molecule has 1 aliphatic heterocycles. The molecule has 5 N–H and O–H groups in total. The molecule has 1 fully saturated rings. The van der Waals surface area contributed by atoms with E-state index >= 15 is 0 Å². The molecule has 1 heterocycles. The van der Waals surface area contributed by atoms with Crippen LogP contribution < -0.4 is 5.73 Å². The number of hydrogen-bond donors (Lipinski definition) is 4. The minimum absolute atomic E-state index is 0.384. The summed E-state index contributed by atoms with van der Waals surface area (Å²) in [5.74, 6) is 0. The van der Waals surface area contributed by atoms with Crippen molar-refractivity contribution in [2.24, 2.45) is 5.73 Å². The van der Waals surface area contributed by atoms with Gasteiger partial charge in [0.2, 0.25) is 0 Å². The highest BCUT2D eigenvalue weighted by molar-refractivity contribution is 4.91. The first kappa shape index (κ1) is 10.8. The van der Waals surface area contributed by atoms with Crippen molar-refractivity contribution in [3.05, 3.63) is 0 Å². The van der Waals surface area contributed by atoms with Crippen LogP contribution in [0.1, 0.15) is 0 Å². The fraction of sp³-hybridized carbons (Fsp3) is 1.00. The van der Waals surface area contributed by atoms with E-state index < -0.39 is 30.6 Å². The molecule has 0 aliphatic carbocycles. The zero-order valence-corrected chi connectivity index (χ0v) is 7.33. The molecule has 1 saturated heterocycles. The highest BCUT2D eigenvalue weighted by Gasteiger charge is 2.42. The lowest BCUT2D eigenvalue weighted by molar-refractivity contribution is -0.253. The van der Waals surface area contributed by atoms with Crippen molar-refractivity contribution < 1.29 is 24.8 Å². The van der Waals surface area contributed by atoms with E-state index in [2.05, 4.69) is 0 Å². The van der Waals surface area contributed by atoms with Crippen LogP contribution in [0.15, 0.2) is 0 Å². The van der Waals surface area contributed by atoms with Gasteiger partial charge < -0.3 is 30.5 Å². The molecule has 6 nitrogen and oxygen atoms in total. The first-order valence-electron chi connectivity index (χ1n) is 4.02. The predicted octanol–water partition coefficient (Wildman–Crippen LogP) is -2.60. The van der Waals surface area contributed by atoms with Gasteiger partial charge in [-0.2, -0.15) is 0 Å². The number of methoxy groups -OCH3 is 1. The summed E-state index contributed by atoms with van der Waals surface area (Å²) >= 11 is 0. The molecule has 0 saturated carbocycles. The van der Waals surface area contributed by atoms with Crippen molar-refractivity contribution >= 4 is 0 Å². The van der Waals surface area contributed by atoms with E-state index in [1.165, 1.54) is 7.11 Å². The Balaban J connectivity index is 2.69. The smallest absolute Gasteiger partial charge is 0.173 e. The Bertz CT molecular complexity index is 167. The molecule has 0 aromatic carbocycles. The third kappa shape index (κ3) is 1.98. The topological polar surface area (TPSA) is 105 Å². The van der Waals surface area contributed by atoms with Gasteiger partial charge in [0.1, 0.15) is 18.3 Å². The summed E-state index contributed by atoms with van der Waals surface area (Å²) in [6, 6.07) is -0.803. The Morgan fingerprint density at radius 1 is 1.46 bits per heavy atom. The first-order chi connectivity index (χ1) is 6.11. The second kappa shape index (κ2) is 4.32. The second-order valence-corrected chi connectivity index (χ2v) is 3.02. The zero-order chi connectivity index (χ0) is 10.0. The van der Waals surface area contributed by atoms with Gasteiger partial charge in [-0.1, -0.05) is 0 Å². The van der Waals surface area contributed by atoms with Gasteiger partial charge in [0.25, 0.3) is 0 Å². The molecular formula is C7H15NO5. The number of hydrogen-bond acceptors (Lipinski definition) is 6. The van der Waals surface area contributed by atoms with Crippen molar-refractivity contribution in [3.63, 3.8) is 0 Å². The van der Waals surface area contributed by atoms with Crippen LogP contribution in [0.25, 0.3) is 0 Å². The molecule has 5 atom stereocenters. The van der Waals surface area contributed by atoms with Crippen LogP contribution in [-0.4, -0.2) is 59.7 Å². The molecular weight excluding hydrogens is 178 g/mol. The van der Waals surface area contributed by atoms with Gasteiger partial charge in [0, 0.05) is 7.11 Å². The van der Waals surface area contributed by atoms with E-state index in [1.807, 2.05) is 0 Å². The molecule has 0 aromatic rings. The monoisotopic (exact) mass is 193 g/mol. The number of nitrogens with two attached hydrogens (primary N) is 1. The van der Waals surface area contributed by atoms with Crippen LogP contribution in [0.3, 0.4) is 0 Å². The molecule has 6 heteroatoms. The Hall–Kier alpha value is -0.240. The molecule has 0 spiro atoms. The largest absolute Gasteiger partial charge is 0.394 e. The number of rotatable bonds is 2. The summed E-state index contributed by atoms with van der Waals surface area (Å²) in [7, 11) is 1.38. The average molecular weight is 193 g/mol. The fourth-order valence-corrected chi connectivity index (χ4v) is 1.40. The number of ether oxygens (including phenoxy) is 2. The third-order valence-electron chi connectivity index (χ3n) is 2.19. The maximum absolute atomic E-state index is 9.52. The van der Waals surface area contributed by atoms with Gasteiger partial charge in [-0.25, -0.2) is 0 Å². The second-order valence-electron chi connectivity index (χ2n) is 3.02. The highest BCUT2D eigenvalue weighted by atomic mass is 16.6. The van der Waals surface area contributed by atoms with E-state index in [1.54, 1.807) is 0 Å². The summed E-state index contributed by atoms with van der Waals surface area (Å²) in [4.78, 5) is 0. The van der Waals surface area contributed by atoms with Crippen molar-refractivity contribution in [2.75, 3.05) is 13.7 Å². The van der Waals surface area contributed by atoms with E-state index in [9.17, 15) is 10.2 Å². The Kier molecular flexibility index (Phi) is 3.60. The van der Waals surface area contributed by atoms with Crippen LogP contribution in [0, 0.1) is 0 Å². The molecule has 0 radical (unpaired) electrons. The summed E-state index contributed by atoms with van der Waals surface area (Å²) in [5.41, 5.74) is 5.50. The Morgan fingerprint density at radius 3 is 2.54 bits per heavy atom. The van der Waals surface area contributed by atoms with Crippen LogP contribution in [0.2, 0.25) is 0 Å². The zero-order valence-electron chi connectivity index (χ0n) is 7.33. The van der Waals surface area contributed by atoms with Crippen LogP contribution in [0.4, 0.5) is 0 Å². The number of aliphatic hydroxyl groups excluding tert-OH is 3. The van der Waals surface area contributed by atoms with Gasteiger partial charge in [-0.05, 0) is 0 Å². The lowest BCUT2D eigenvalue weighted by atomic mass is 9.98. The lowest BCUT2D eigenvalue weighted by Crippen LogP contribution is -2.62. The Labute approximate surface area is 75.9 Å². The molecule has 78 valence electrons. The summed E-state index contributed by atoms with van der Waals surface area (Å²) < 4.78 is 9.73. The van der Waals surface area contributed by atoms with Gasteiger partial charge in [-0.3, -0.25) is 0 Å². The normalized spacial score (nSPS) is 46.4. The van der Waals surface area contributed by atoms with Crippen molar-refractivity contribution in [1.82, 2.24) is 0 Å². The standard InChI is InChI=1S/C7H15NO5/c1-12-6-4(8)7(11)13-3(2-9)5(6)10/h3-7,9-11H,2,8H2,1H3/t3-,4-,5+,6-,7?/m1/s1. The molecule has 0 bridgehead atoms. The molecule has 1 rings (SSSR count). The van der Waals surface area contributed by atoms with Crippen molar-refractivity contribution in [1.29, 1.82) is 0 Å². The maximum Gasteiger partial charge on any atom is 0.173 e. The predicted molar refractivity (Wildman–Crippen MR) is 42.7 cm³/mol. The fourth-order valence-electron chi connectivity index (χ4n) is 1.40. The summed E-state index contributed by atoms with van der Waals surface area (Å²) in [6.07, 6.45) is -3.81. The average Bonchev–Trinajstić information content (AvgIpc) is 2.12. The van der Waals surface area contributed by atoms with E-state index in [0.29, 0.717) is 0 Å². The molecule has 0 aromatic heterocycles. The molecule has 1 unspecified atom stereocenters. The first-order valence-corrected chi connectivity index (χ1v) is 4.02. The minimum Gasteiger partial charge on any atom is -0.394 e. The highest BCUT2D eigenvalue weighted by Crippen LogP contribution is 2.20. The van der Waals surface area contributed by atoms with Gasteiger partial charge in [0.15, 0.2) is 6.29 Å². The van der Waals surface area contributed by atoms with E-state index in [4.69, 9.17) is 20.3 Å². The summed E-state index contributed by atoms with van der Waals surface area (Å²) in [6.45, 7) is -0.384. The SMILES string of the molecule is CO[C@H]1[C@@H](O)[C@@H](CO)OC(O)[C@@H]1N. The van der Waals surface area contributed by atoms with Crippen molar-refractivity contribution in [3.8, 4) is 0 Å². The third-order valence-corrected chi connectivity index (χ3v) is 2.19. The summed E-state index contributed by atoms with van der Waals surface area (Å²) in [5, 5.41) is 27.6.